The summed E-state index contributed by atoms with van der Waals surface area (Å²) in [5.41, 5.74) is 0.953. The number of hydrogen-bond acceptors (Lipinski definition) is 6. The molecule has 0 radical (unpaired) electrons. The number of carbonyl (C=O) groups excluding carboxylic acids is 1. The number of rotatable bonds is 5. The van der Waals surface area contributed by atoms with E-state index in [1.807, 2.05) is 13.8 Å². The third-order valence-corrected chi connectivity index (χ3v) is 7.70. The maximum absolute atomic E-state index is 13.0. The quantitative estimate of drug-likeness (QED) is 0.601. The van der Waals surface area contributed by atoms with Crippen molar-refractivity contribution >= 4 is 26.8 Å². The summed E-state index contributed by atoms with van der Waals surface area (Å²) in [5.74, 6) is 0.105. The first kappa shape index (κ1) is 21.0. The number of nitrogens with zero attached hydrogens (tertiary/aromatic N) is 3. The molecule has 4 rings (SSSR count). The molecule has 1 aromatic carbocycles. The Morgan fingerprint density at radius 2 is 1.84 bits per heavy atom. The molecule has 1 saturated heterocycles. The van der Waals surface area contributed by atoms with Crippen molar-refractivity contribution in [1.29, 1.82) is 0 Å². The van der Waals surface area contributed by atoms with Crippen LogP contribution in [0.2, 0.25) is 0 Å². The number of amides is 1. The number of aromatic nitrogens is 2. The van der Waals surface area contributed by atoms with Crippen LogP contribution in [0.15, 0.2) is 52.3 Å². The fraction of sp³-hybridized carbons (Fsp3) is 0.318. The zero-order valence-corrected chi connectivity index (χ0v) is 18.3. The zero-order valence-electron chi connectivity index (χ0n) is 17.5. The highest BCUT2D eigenvalue weighted by Crippen LogP contribution is 2.26. The second-order valence-corrected chi connectivity index (χ2v) is 9.76. The van der Waals surface area contributed by atoms with E-state index >= 15 is 0 Å². The predicted molar refractivity (Wildman–Crippen MR) is 116 cm³/mol. The van der Waals surface area contributed by atoms with Crippen LogP contribution in [0.4, 0.5) is 0 Å². The average Bonchev–Trinajstić information content (AvgIpc) is 2.72. The molecule has 3 aromatic rings. The summed E-state index contributed by atoms with van der Waals surface area (Å²) in [6.07, 6.45) is 1.52. The van der Waals surface area contributed by atoms with Crippen molar-refractivity contribution in [3.63, 3.8) is 0 Å². The number of pyridine rings is 2. The lowest BCUT2D eigenvalue weighted by Crippen LogP contribution is -2.57. The van der Waals surface area contributed by atoms with Crippen LogP contribution in [-0.2, 0) is 16.4 Å². The monoisotopic (exact) mass is 441 g/mol. The van der Waals surface area contributed by atoms with Gasteiger partial charge in [-0.2, -0.15) is 0 Å². The van der Waals surface area contributed by atoms with Crippen molar-refractivity contribution in [2.75, 3.05) is 20.2 Å². The third-order valence-electron chi connectivity index (χ3n) is 5.59. The van der Waals surface area contributed by atoms with Crippen LogP contribution in [0.5, 0.6) is 5.75 Å². The molecule has 0 spiro atoms. The Morgan fingerprint density at radius 1 is 1.16 bits per heavy atom. The van der Waals surface area contributed by atoms with Gasteiger partial charge >= 0.3 is 0 Å². The van der Waals surface area contributed by atoms with Crippen molar-refractivity contribution in [2.45, 2.75) is 30.5 Å². The van der Waals surface area contributed by atoms with Gasteiger partial charge in [0.15, 0.2) is 9.84 Å². The Kier molecular flexibility index (Phi) is 5.30. The molecule has 8 nitrogen and oxygen atoms in total. The topological polar surface area (TPSA) is 98.6 Å². The van der Waals surface area contributed by atoms with Crippen LogP contribution >= 0.6 is 0 Å². The van der Waals surface area contributed by atoms with E-state index in [1.165, 1.54) is 30.3 Å². The van der Waals surface area contributed by atoms with Gasteiger partial charge < -0.3 is 14.2 Å². The Hall–Kier alpha value is -3.20. The highest BCUT2D eigenvalue weighted by Gasteiger charge is 2.41. The Balaban J connectivity index is 1.58. The average molecular weight is 442 g/mol. The third kappa shape index (κ3) is 3.59. The van der Waals surface area contributed by atoms with E-state index in [0.29, 0.717) is 23.3 Å². The molecule has 0 aliphatic carbocycles. The first-order valence-corrected chi connectivity index (χ1v) is 11.5. The Labute approximate surface area is 180 Å². The molecule has 1 amide bonds. The number of likely N-dealkylation sites (tertiary alicyclic amines) is 1. The molecular formula is C22H23N3O5S. The van der Waals surface area contributed by atoms with Gasteiger partial charge in [0.1, 0.15) is 22.2 Å². The molecule has 1 aliphatic heterocycles. The molecular weight excluding hydrogens is 418 g/mol. The molecule has 0 N–H and O–H groups in total. The first-order chi connectivity index (χ1) is 14.8. The van der Waals surface area contributed by atoms with Crippen LogP contribution < -0.4 is 10.2 Å². The van der Waals surface area contributed by atoms with Crippen LogP contribution in [-0.4, -0.2) is 54.2 Å². The minimum Gasteiger partial charge on any atom is -0.497 e. The summed E-state index contributed by atoms with van der Waals surface area (Å²) in [7, 11) is -2.07. The largest absolute Gasteiger partial charge is 0.497 e. The Morgan fingerprint density at radius 3 is 2.45 bits per heavy atom. The van der Waals surface area contributed by atoms with Crippen LogP contribution in [0.3, 0.4) is 0 Å². The van der Waals surface area contributed by atoms with Gasteiger partial charge in [0.25, 0.3) is 5.91 Å². The molecule has 9 heteroatoms. The molecule has 0 bridgehead atoms. The summed E-state index contributed by atoms with van der Waals surface area (Å²) < 4.78 is 32.5. The van der Waals surface area contributed by atoms with E-state index in [2.05, 4.69) is 4.98 Å². The maximum atomic E-state index is 13.0. The smallest absolute Gasteiger partial charge is 0.259 e. The maximum Gasteiger partial charge on any atom is 0.259 e. The van der Waals surface area contributed by atoms with E-state index in [9.17, 15) is 18.0 Å². The second-order valence-electron chi connectivity index (χ2n) is 7.53. The molecule has 0 unspecified atom stereocenters. The van der Waals surface area contributed by atoms with Crippen molar-refractivity contribution in [1.82, 2.24) is 14.5 Å². The minimum absolute atomic E-state index is 0.0281. The SMILES string of the molecule is CCn1cc(C(=O)N2CC(S(=O)(=O)c3ccc(OC)cc3)C2)c(=O)c2ccc(C)nc21. The van der Waals surface area contributed by atoms with Crippen LogP contribution in [0.1, 0.15) is 23.0 Å². The zero-order chi connectivity index (χ0) is 22.3. The van der Waals surface area contributed by atoms with Gasteiger partial charge in [-0.3, -0.25) is 9.59 Å². The summed E-state index contributed by atoms with van der Waals surface area (Å²) in [6.45, 7) is 4.38. The van der Waals surface area contributed by atoms with Crippen molar-refractivity contribution in [3.8, 4) is 5.75 Å². The van der Waals surface area contributed by atoms with Gasteiger partial charge in [0, 0.05) is 31.5 Å². The van der Waals surface area contributed by atoms with Gasteiger partial charge in [-0.05, 0) is 50.2 Å². The van der Waals surface area contributed by atoms with Gasteiger partial charge in [0.2, 0.25) is 5.43 Å². The van der Waals surface area contributed by atoms with Crippen molar-refractivity contribution < 1.29 is 17.9 Å². The second kappa shape index (κ2) is 7.81. The predicted octanol–water partition coefficient (Wildman–Crippen LogP) is 2.03. The normalized spacial score (nSPS) is 14.5. The number of hydrogen-bond donors (Lipinski definition) is 0. The van der Waals surface area contributed by atoms with Gasteiger partial charge in [0.05, 0.1) is 17.4 Å². The number of sulfone groups is 1. The lowest BCUT2D eigenvalue weighted by Gasteiger charge is -2.38. The minimum atomic E-state index is -3.58. The van der Waals surface area contributed by atoms with Gasteiger partial charge in [-0.15, -0.1) is 0 Å². The van der Waals surface area contributed by atoms with E-state index in [-0.39, 0.29) is 23.5 Å². The summed E-state index contributed by atoms with van der Waals surface area (Å²) >= 11 is 0. The van der Waals surface area contributed by atoms with Crippen LogP contribution in [0.25, 0.3) is 11.0 Å². The molecule has 1 fully saturated rings. The molecule has 162 valence electrons. The Bertz CT molecular complexity index is 1320. The summed E-state index contributed by atoms with van der Waals surface area (Å²) in [5, 5.41) is -0.329. The standard InChI is InChI=1S/C22H23N3O5S/c1-4-24-13-19(20(26)18-10-5-14(2)23-21(18)24)22(27)25-11-17(12-25)31(28,29)16-8-6-15(30-3)7-9-16/h5-10,13,17H,4,11-12H2,1-3H3. The number of aryl methyl sites for hydroxylation is 2. The van der Waals surface area contributed by atoms with Crippen molar-refractivity contribution in [3.05, 3.63) is 64.1 Å². The van der Waals surface area contributed by atoms with Gasteiger partial charge in [-0.25, -0.2) is 13.4 Å². The first-order valence-electron chi connectivity index (χ1n) is 9.94. The summed E-state index contributed by atoms with van der Waals surface area (Å²) in [4.78, 5) is 31.9. The van der Waals surface area contributed by atoms with Gasteiger partial charge in [-0.1, -0.05) is 0 Å². The molecule has 2 aromatic heterocycles. The highest BCUT2D eigenvalue weighted by molar-refractivity contribution is 7.92. The molecule has 0 saturated carbocycles. The molecule has 0 atom stereocenters. The lowest BCUT2D eigenvalue weighted by atomic mass is 10.1. The number of carbonyl (C=O) groups is 1. The number of benzene rings is 1. The fourth-order valence-corrected chi connectivity index (χ4v) is 5.33. The molecule has 1 aliphatic rings. The lowest BCUT2D eigenvalue weighted by molar-refractivity contribution is 0.0657. The van der Waals surface area contributed by atoms with Crippen molar-refractivity contribution in [2.24, 2.45) is 0 Å². The van der Waals surface area contributed by atoms with E-state index in [0.717, 1.165) is 5.69 Å². The number of fused-ring (bicyclic) bond motifs is 1. The fourth-order valence-electron chi connectivity index (χ4n) is 3.68. The summed E-state index contributed by atoms with van der Waals surface area (Å²) in [6, 6.07) is 9.59. The van der Waals surface area contributed by atoms with E-state index < -0.39 is 26.4 Å². The van der Waals surface area contributed by atoms with Crippen LogP contribution in [0, 0.1) is 6.92 Å². The highest BCUT2D eigenvalue weighted by atomic mass is 32.2. The number of methoxy groups -OCH3 is 1. The number of ether oxygens (including phenoxy) is 1. The van der Waals surface area contributed by atoms with E-state index in [1.54, 1.807) is 28.8 Å². The van der Waals surface area contributed by atoms with E-state index in [4.69, 9.17) is 4.74 Å². The molecule has 3 heterocycles. The molecule has 31 heavy (non-hydrogen) atoms.